The Labute approximate surface area is 185 Å². The lowest BCUT2D eigenvalue weighted by molar-refractivity contribution is -0.350. The summed E-state index contributed by atoms with van der Waals surface area (Å²) in [6, 6.07) is 0.618. The van der Waals surface area contributed by atoms with Gasteiger partial charge in [-0.1, -0.05) is 6.92 Å². The zero-order valence-corrected chi connectivity index (χ0v) is 16.9. The molecule has 0 aliphatic carbocycles. The smallest absolute Gasteiger partial charge is 0.429 e. The van der Waals surface area contributed by atoms with Gasteiger partial charge in [-0.25, -0.2) is 13.2 Å². The molecule has 0 atom stereocenters. The minimum Gasteiger partial charge on any atom is -0.429 e. The summed E-state index contributed by atoms with van der Waals surface area (Å²) < 4.78 is 154. The van der Waals surface area contributed by atoms with E-state index in [2.05, 4.69) is 9.47 Å². The van der Waals surface area contributed by atoms with Crippen molar-refractivity contribution >= 4 is 0 Å². The minimum atomic E-state index is -5.45. The highest BCUT2D eigenvalue weighted by Gasteiger charge is 2.47. The largest absolute Gasteiger partial charge is 0.451 e. The maximum atomic E-state index is 14.3. The first-order valence-corrected chi connectivity index (χ1v) is 9.33. The van der Waals surface area contributed by atoms with Crippen LogP contribution in [-0.2, 0) is 21.8 Å². The maximum Gasteiger partial charge on any atom is 0.451 e. The molecule has 1 aliphatic heterocycles. The zero-order chi connectivity index (χ0) is 25.5. The van der Waals surface area contributed by atoms with Crippen molar-refractivity contribution in [3.8, 4) is 11.5 Å². The van der Waals surface area contributed by atoms with Crippen LogP contribution < -0.4 is 9.47 Å². The van der Waals surface area contributed by atoms with Gasteiger partial charge in [0.25, 0.3) is 6.29 Å². The molecule has 0 spiro atoms. The van der Waals surface area contributed by atoms with Crippen LogP contribution in [0.4, 0.5) is 43.9 Å². The van der Waals surface area contributed by atoms with Crippen LogP contribution in [0.5, 0.6) is 11.5 Å². The van der Waals surface area contributed by atoms with Crippen LogP contribution in [-0.4, -0.2) is 25.6 Å². The Kier molecular flexibility index (Phi) is 6.95. The quantitative estimate of drug-likeness (QED) is 0.434. The van der Waals surface area contributed by atoms with Gasteiger partial charge in [0, 0.05) is 24.1 Å². The fraction of sp³-hybridized carbons (Fsp3) is 0.400. The normalized spacial score (nSPS) is 19.7. The Morgan fingerprint density at radius 1 is 0.765 bits per heavy atom. The molecule has 0 bridgehead atoms. The molecule has 188 valence electrons. The summed E-state index contributed by atoms with van der Waals surface area (Å²) in [5, 5.41) is 0. The highest BCUT2D eigenvalue weighted by Crippen LogP contribution is 2.39. The zero-order valence-electron chi connectivity index (χ0n) is 16.9. The van der Waals surface area contributed by atoms with Gasteiger partial charge in [-0.2, -0.15) is 30.7 Å². The maximum absolute atomic E-state index is 14.3. The molecular formula is C20H14F10O4. The van der Waals surface area contributed by atoms with Crippen molar-refractivity contribution in [2.75, 3.05) is 13.2 Å². The van der Waals surface area contributed by atoms with Crippen LogP contribution in [0.3, 0.4) is 0 Å². The van der Waals surface area contributed by atoms with E-state index < -0.39 is 64.8 Å². The van der Waals surface area contributed by atoms with Gasteiger partial charge in [0.1, 0.15) is 40.1 Å². The number of halogens is 10. The van der Waals surface area contributed by atoms with Gasteiger partial charge in [-0.15, -0.1) is 0 Å². The van der Waals surface area contributed by atoms with Gasteiger partial charge in [-0.05, 0) is 12.1 Å². The second-order valence-corrected chi connectivity index (χ2v) is 7.29. The molecule has 2 aromatic rings. The summed E-state index contributed by atoms with van der Waals surface area (Å²) in [5.41, 5.74) is -3.92. The van der Waals surface area contributed by atoms with Gasteiger partial charge >= 0.3 is 18.4 Å². The lowest BCUT2D eigenvalue weighted by Crippen LogP contribution is -2.47. The third-order valence-electron chi connectivity index (χ3n) is 4.39. The summed E-state index contributed by atoms with van der Waals surface area (Å²) in [6.07, 6.45) is -16.4. The van der Waals surface area contributed by atoms with Crippen molar-refractivity contribution in [3.63, 3.8) is 0 Å². The molecule has 1 fully saturated rings. The molecule has 0 unspecified atom stereocenters. The van der Waals surface area contributed by atoms with Gasteiger partial charge in [0.2, 0.25) is 0 Å². The van der Waals surface area contributed by atoms with Gasteiger partial charge in [-0.3, -0.25) is 0 Å². The average molecular weight is 508 g/mol. The molecule has 0 saturated carbocycles. The number of benzene rings is 2. The second kappa shape index (κ2) is 9.13. The van der Waals surface area contributed by atoms with E-state index in [1.165, 1.54) is 0 Å². The lowest BCUT2D eigenvalue weighted by atomic mass is 10.1. The topological polar surface area (TPSA) is 36.9 Å². The molecular weight excluding hydrogens is 494 g/mol. The molecule has 1 saturated heterocycles. The van der Waals surface area contributed by atoms with Crippen molar-refractivity contribution in [3.05, 3.63) is 58.9 Å². The van der Waals surface area contributed by atoms with E-state index in [4.69, 9.17) is 9.47 Å². The minimum absolute atomic E-state index is 0.0778. The standard InChI is InChI=1S/C20H14F10O4/c1-9-7-31-17(32-8-9)20(29,30)33-10-2-3-12(13(21)4-10)19(27,28)34-11-5-14(22)16(15(23)6-11)18(24,25)26/h2-6,9,17H,7-8H2,1H3. The summed E-state index contributed by atoms with van der Waals surface area (Å²) in [6.45, 7) is 1.51. The number of hydrogen-bond donors (Lipinski definition) is 0. The summed E-state index contributed by atoms with van der Waals surface area (Å²) in [5.74, 6) is -8.78. The fourth-order valence-corrected chi connectivity index (χ4v) is 2.88. The van der Waals surface area contributed by atoms with Crippen LogP contribution in [0.25, 0.3) is 0 Å². The molecule has 0 amide bonds. The highest BCUT2D eigenvalue weighted by molar-refractivity contribution is 5.35. The Bertz CT molecular complexity index is 1010. The Balaban J connectivity index is 1.78. The van der Waals surface area contributed by atoms with Crippen molar-refractivity contribution in [2.24, 2.45) is 5.92 Å². The fourth-order valence-electron chi connectivity index (χ4n) is 2.88. The SMILES string of the molecule is CC1COC(C(F)(F)Oc2ccc(C(F)(F)Oc3cc(F)c(C(F)(F)F)c(F)c3)c(F)c2)OC1. The Hall–Kier alpha value is -2.74. The van der Waals surface area contributed by atoms with E-state index in [0.29, 0.717) is 6.07 Å². The van der Waals surface area contributed by atoms with Crippen molar-refractivity contribution in [1.29, 1.82) is 0 Å². The van der Waals surface area contributed by atoms with E-state index in [0.717, 1.165) is 0 Å². The number of rotatable bonds is 6. The second-order valence-electron chi connectivity index (χ2n) is 7.29. The average Bonchev–Trinajstić information content (AvgIpc) is 2.65. The number of ether oxygens (including phenoxy) is 4. The van der Waals surface area contributed by atoms with E-state index in [-0.39, 0.29) is 43.4 Å². The van der Waals surface area contributed by atoms with E-state index in [9.17, 15) is 43.9 Å². The molecule has 14 heteroatoms. The van der Waals surface area contributed by atoms with Crippen LogP contribution >= 0.6 is 0 Å². The van der Waals surface area contributed by atoms with E-state index in [1.54, 1.807) is 6.92 Å². The monoisotopic (exact) mass is 508 g/mol. The van der Waals surface area contributed by atoms with Gasteiger partial charge in [0.15, 0.2) is 0 Å². The summed E-state index contributed by atoms with van der Waals surface area (Å²) >= 11 is 0. The van der Waals surface area contributed by atoms with Crippen LogP contribution in [0.1, 0.15) is 18.1 Å². The summed E-state index contributed by atoms with van der Waals surface area (Å²) in [4.78, 5) is 0. The number of hydrogen-bond acceptors (Lipinski definition) is 4. The van der Waals surface area contributed by atoms with E-state index >= 15 is 0 Å². The molecule has 34 heavy (non-hydrogen) atoms. The third kappa shape index (κ3) is 5.66. The number of alkyl halides is 7. The van der Waals surface area contributed by atoms with Crippen LogP contribution in [0, 0.1) is 23.4 Å². The van der Waals surface area contributed by atoms with E-state index in [1.807, 2.05) is 0 Å². The molecule has 0 radical (unpaired) electrons. The first kappa shape index (κ1) is 25.9. The van der Waals surface area contributed by atoms with Gasteiger partial charge in [0.05, 0.1) is 13.2 Å². The molecule has 0 N–H and O–H groups in total. The van der Waals surface area contributed by atoms with Crippen molar-refractivity contribution < 1.29 is 62.9 Å². The van der Waals surface area contributed by atoms with Gasteiger partial charge < -0.3 is 18.9 Å². The van der Waals surface area contributed by atoms with Crippen molar-refractivity contribution in [2.45, 2.75) is 31.6 Å². The molecule has 0 aromatic heterocycles. The first-order chi connectivity index (χ1) is 15.6. The summed E-state index contributed by atoms with van der Waals surface area (Å²) in [7, 11) is 0. The Morgan fingerprint density at radius 3 is 1.79 bits per heavy atom. The lowest BCUT2D eigenvalue weighted by Gasteiger charge is -2.32. The predicted molar refractivity (Wildman–Crippen MR) is 92.7 cm³/mol. The molecule has 3 rings (SSSR count). The highest BCUT2D eigenvalue weighted by atomic mass is 19.4. The molecule has 4 nitrogen and oxygen atoms in total. The predicted octanol–water partition coefficient (Wildman–Crippen LogP) is 6.23. The van der Waals surface area contributed by atoms with Crippen molar-refractivity contribution in [1.82, 2.24) is 0 Å². The molecule has 1 heterocycles. The molecule has 1 aliphatic rings. The Morgan fingerprint density at radius 2 is 1.29 bits per heavy atom. The van der Waals surface area contributed by atoms with Crippen LogP contribution in [0.2, 0.25) is 0 Å². The molecule has 2 aromatic carbocycles. The van der Waals surface area contributed by atoms with Crippen LogP contribution in [0.15, 0.2) is 30.3 Å². The first-order valence-electron chi connectivity index (χ1n) is 9.33. The third-order valence-corrected chi connectivity index (χ3v) is 4.39.